The summed E-state index contributed by atoms with van der Waals surface area (Å²) in [6.07, 6.45) is 1.97. The Balaban J connectivity index is 1.92. The smallest absolute Gasteiger partial charge is 0.232 e. The van der Waals surface area contributed by atoms with Gasteiger partial charge in [0.2, 0.25) is 5.91 Å². The number of amides is 1. The van der Waals surface area contributed by atoms with Gasteiger partial charge in [0.25, 0.3) is 0 Å². The van der Waals surface area contributed by atoms with Crippen LogP contribution in [0.25, 0.3) is 0 Å². The van der Waals surface area contributed by atoms with Gasteiger partial charge in [0, 0.05) is 9.85 Å². The van der Waals surface area contributed by atoms with Crippen molar-refractivity contribution in [3.63, 3.8) is 0 Å². The lowest BCUT2D eigenvalue weighted by molar-refractivity contribution is -0.156. The fourth-order valence-corrected chi connectivity index (χ4v) is 6.45. The van der Waals surface area contributed by atoms with E-state index in [1.807, 2.05) is 0 Å². The highest BCUT2D eigenvalue weighted by Gasteiger charge is 2.80. The van der Waals surface area contributed by atoms with E-state index in [4.69, 9.17) is 16.3 Å². The molecule has 1 amide bonds. The van der Waals surface area contributed by atoms with Crippen molar-refractivity contribution in [2.75, 3.05) is 12.4 Å². The molecule has 3 nitrogen and oxygen atoms in total. The van der Waals surface area contributed by atoms with Crippen molar-refractivity contribution in [2.24, 2.45) is 16.2 Å². The van der Waals surface area contributed by atoms with Crippen molar-refractivity contribution in [3.8, 4) is 5.75 Å². The minimum absolute atomic E-state index is 0.0376. The fourth-order valence-electron chi connectivity index (χ4n) is 4.47. The second-order valence-corrected chi connectivity index (χ2v) is 8.53. The second-order valence-electron chi connectivity index (χ2n) is 7.18. The molecule has 3 atom stereocenters. The average molecular weight is 387 g/mol. The summed E-state index contributed by atoms with van der Waals surface area (Å²) in [5.74, 6) is 0.674. The lowest BCUT2D eigenvalue weighted by atomic mass is 9.43. The number of carbonyl (C=O) groups is 1. The minimum Gasteiger partial charge on any atom is -0.495 e. The number of fused-ring (bicyclic) bond motifs is 1. The van der Waals surface area contributed by atoms with E-state index in [0.29, 0.717) is 16.5 Å². The third-order valence-electron chi connectivity index (χ3n) is 6.39. The zero-order valence-electron chi connectivity index (χ0n) is 13.3. The van der Waals surface area contributed by atoms with Crippen LogP contribution in [0, 0.1) is 16.2 Å². The predicted octanol–water partition coefficient (Wildman–Crippen LogP) is 4.88. The second kappa shape index (κ2) is 4.88. The Labute approximate surface area is 144 Å². The van der Waals surface area contributed by atoms with Gasteiger partial charge in [-0.2, -0.15) is 0 Å². The third-order valence-corrected chi connectivity index (χ3v) is 8.42. The highest BCUT2D eigenvalue weighted by molar-refractivity contribution is 9.09. The summed E-state index contributed by atoms with van der Waals surface area (Å²) < 4.78 is 5.32. The van der Waals surface area contributed by atoms with Gasteiger partial charge in [-0.1, -0.05) is 48.3 Å². The van der Waals surface area contributed by atoms with Crippen LogP contribution in [-0.2, 0) is 4.79 Å². The third kappa shape index (κ3) is 1.71. The van der Waals surface area contributed by atoms with Gasteiger partial charge >= 0.3 is 0 Å². The van der Waals surface area contributed by atoms with Crippen LogP contribution in [-0.4, -0.2) is 17.8 Å². The van der Waals surface area contributed by atoms with Gasteiger partial charge in [0.05, 0.1) is 18.2 Å². The van der Waals surface area contributed by atoms with E-state index >= 15 is 0 Å². The van der Waals surface area contributed by atoms with E-state index in [-0.39, 0.29) is 27.0 Å². The Morgan fingerprint density at radius 2 is 2.05 bits per heavy atom. The standard InChI is InChI=1S/C17H21BrClNO2/c1-15(2)16(3)7-8-17(15,13(16)18)14(21)20-11-9-10(19)5-6-12(11)22-4/h5-6,9,13H,7-8H2,1-4H3,(H,20,21). The molecular weight excluding hydrogens is 366 g/mol. The van der Waals surface area contributed by atoms with Gasteiger partial charge < -0.3 is 10.1 Å². The van der Waals surface area contributed by atoms with Crippen molar-refractivity contribution in [1.29, 1.82) is 0 Å². The predicted molar refractivity (Wildman–Crippen MR) is 92.9 cm³/mol. The van der Waals surface area contributed by atoms with Crippen LogP contribution in [0.3, 0.4) is 0 Å². The molecule has 1 aromatic rings. The maximum Gasteiger partial charge on any atom is 0.232 e. The highest BCUT2D eigenvalue weighted by Crippen LogP contribution is 2.79. The SMILES string of the molecule is COc1ccc(Cl)cc1NC(=O)C12CCC(C)(C1Br)C2(C)C. The van der Waals surface area contributed by atoms with Gasteiger partial charge in [-0.05, 0) is 41.9 Å². The quantitative estimate of drug-likeness (QED) is 0.752. The molecule has 0 spiro atoms. The van der Waals surface area contributed by atoms with E-state index in [9.17, 15) is 4.79 Å². The number of anilines is 1. The first-order valence-corrected chi connectivity index (χ1v) is 8.79. The number of halogens is 2. The Hall–Kier alpha value is -0.740. The molecule has 3 saturated carbocycles. The van der Waals surface area contributed by atoms with Crippen LogP contribution >= 0.6 is 27.5 Å². The monoisotopic (exact) mass is 385 g/mol. The molecule has 0 heterocycles. The van der Waals surface area contributed by atoms with Gasteiger partial charge in [-0.25, -0.2) is 0 Å². The van der Waals surface area contributed by atoms with E-state index in [1.165, 1.54) is 0 Å². The van der Waals surface area contributed by atoms with Crippen molar-refractivity contribution in [3.05, 3.63) is 23.2 Å². The Morgan fingerprint density at radius 3 is 2.55 bits per heavy atom. The van der Waals surface area contributed by atoms with Crippen molar-refractivity contribution >= 4 is 39.1 Å². The Kier molecular flexibility index (Phi) is 3.57. The highest BCUT2D eigenvalue weighted by atomic mass is 79.9. The number of carbonyl (C=O) groups excluding carboxylic acids is 1. The van der Waals surface area contributed by atoms with Crippen LogP contribution in [0.4, 0.5) is 5.69 Å². The molecule has 1 aromatic carbocycles. The summed E-state index contributed by atoms with van der Waals surface area (Å²) in [4.78, 5) is 13.3. The molecule has 3 aliphatic carbocycles. The van der Waals surface area contributed by atoms with Crippen LogP contribution in [0.15, 0.2) is 18.2 Å². The van der Waals surface area contributed by atoms with E-state index in [2.05, 4.69) is 42.0 Å². The van der Waals surface area contributed by atoms with Gasteiger partial charge in [0.15, 0.2) is 0 Å². The molecule has 0 aliphatic heterocycles. The number of nitrogens with one attached hydrogen (secondary N) is 1. The molecule has 120 valence electrons. The van der Waals surface area contributed by atoms with Crippen LogP contribution in [0.1, 0.15) is 33.6 Å². The fraction of sp³-hybridized carbons (Fsp3) is 0.588. The first-order chi connectivity index (χ1) is 10.2. The first-order valence-electron chi connectivity index (χ1n) is 7.50. The summed E-state index contributed by atoms with van der Waals surface area (Å²) in [5, 5.41) is 3.62. The molecule has 0 aromatic heterocycles. The molecule has 3 aliphatic rings. The van der Waals surface area contributed by atoms with Gasteiger partial charge in [-0.15, -0.1) is 0 Å². The number of alkyl halides is 1. The van der Waals surface area contributed by atoms with Crippen molar-refractivity contribution < 1.29 is 9.53 Å². The zero-order valence-corrected chi connectivity index (χ0v) is 15.6. The lowest BCUT2D eigenvalue weighted by Crippen LogP contribution is -2.68. The number of rotatable bonds is 3. The summed E-state index contributed by atoms with van der Waals surface area (Å²) in [5.41, 5.74) is 0.382. The average Bonchev–Trinajstić information content (AvgIpc) is 2.87. The molecule has 0 radical (unpaired) electrons. The summed E-state index contributed by atoms with van der Waals surface area (Å²) >= 11 is 9.84. The number of hydrogen-bond donors (Lipinski definition) is 1. The summed E-state index contributed by atoms with van der Waals surface area (Å²) in [6, 6.07) is 5.26. The Bertz CT molecular complexity index is 648. The van der Waals surface area contributed by atoms with E-state index in [1.54, 1.807) is 25.3 Å². The molecule has 2 bridgehead atoms. The number of benzene rings is 1. The van der Waals surface area contributed by atoms with Crippen molar-refractivity contribution in [1.82, 2.24) is 0 Å². The first kappa shape index (κ1) is 16.1. The molecule has 5 heteroatoms. The van der Waals surface area contributed by atoms with E-state index in [0.717, 1.165) is 12.8 Å². The number of methoxy groups -OCH3 is 1. The zero-order chi connectivity index (χ0) is 16.3. The normalized spacial score (nSPS) is 34.9. The maximum absolute atomic E-state index is 13.1. The Morgan fingerprint density at radius 1 is 1.36 bits per heavy atom. The van der Waals surface area contributed by atoms with Crippen LogP contribution < -0.4 is 10.1 Å². The minimum atomic E-state index is -0.380. The molecule has 4 rings (SSSR count). The van der Waals surface area contributed by atoms with E-state index < -0.39 is 0 Å². The summed E-state index contributed by atoms with van der Waals surface area (Å²) in [7, 11) is 1.59. The topological polar surface area (TPSA) is 38.3 Å². The lowest BCUT2D eigenvalue weighted by Gasteiger charge is -2.64. The molecule has 22 heavy (non-hydrogen) atoms. The molecule has 0 saturated heterocycles. The molecule has 3 fully saturated rings. The van der Waals surface area contributed by atoms with Gasteiger partial charge in [-0.3, -0.25) is 4.79 Å². The van der Waals surface area contributed by atoms with Gasteiger partial charge in [0.1, 0.15) is 5.75 Å². The molecular formula is C17H21BrClNO2. The number of ether oxygens (including phenoxy) is 1. The summed E-state index contributed by atoms with van der Waals surface area (Å²) in [6.45, 7) is 6.67. The molecule has 3 unspecified atom stereocenters. The van der Waals surface area contributed by atoms with Crippen molar-refractivity contribution in [2.45, 2.75) is 38.4 Å². The van der Waals surface area contributed by atoms with Crippen LogP contribution in [0.2, 0.25) is 5.02 Å². The largest absolute Gasteiger partial charge is 0.495 e. The maximum atomic E-state index is 13.1. The molecule has 1 N–H and O–H groups in total. The van der Waals surface area contributed by atoms with Crippen LogP contribution in [0.5, 0.6) is 5.75 Å². The number of hydrogen-bond acceptors (Lipinski definition) is 2.